The zero-order valence-corrected chi connectivity index (χ0v) is 15.7. The van der Waals surface area contributed by atoms with Crippen LogP contribution in [0.25, 0.3) is 10.9 Å². The predicted octanol–water partition coefficient (Wildman–Crippen LogP) is 5.03. The molecule has 0 fully saturated rings. The van der Waals surface area contributed by atoms with Gasteiger partial charge in [0.2, 0.25) is 5.13 Å². The van der Waals surface area contributed by atoms with Crippen molar-refractivity contribution in [2.24, 2.45) is 0 Å². The fraction of sp³-hybridized carbons (Fsp3) is 0.333. The van der Waals surface area contributed by atoms with E-state index in [1.807, 2.05) is 19.1 Å². The van der Waals surface area contributed by atoms with E-state index in [-0.39, 0.29) is 5.91 Å². The predicted molar refractivity (Wildman–Crippen MR) is 103 cm³/mol. The van der Waals surface area contributed by atoms with Gasteiger partial charge >= 0.3 is 0 Å². The standard InChI is InChI=1S/C18H19ClN4OS/c1-3-4-5-6-16-22-23-18(25-16)21-17(24)14-10-12-9-13(19)7-8-15(12)20-11(14)2/h7-10H,3-6H2,1-2H3,(H,21,23,24). The Bertz CT molecular complexity index is 909. The Balaban J connectivity index is 1.77. The highest BCUT2D eigenvalue weighted by atomic mass is 35.5. The molecule has 0 unspecified atom stereocenters. The van der Waals surface area contributed by atoms with Crippen molar-refractivity contribution in [1.82, 2.24) is 15.2 Å². The molecule has 1 aromatic carbocycles. The summed E-state index contributed by atoms with van der Waals surface area (Å²) < 4.78 is 0. The first-order valence-corrected chi connectivity index (χ1v) is 9.47. The molecular weight excluding hydrogens is 356 g/mol. The molecule has 25 heavy (non-hydrogen) atoms. The fourth-order valence-electron chi connectivity index (χ4n) is 2.57. The number of halogens is 1. The topological polar surface area (TPSA) is 67.8 Å². The van der Waals surface area contributed by atoms with Gasteiger partial charge in [0, 0.05) is 16.8 Å². The molecule has 1 N–H and O–H groups in total. The van der Waals surface area contributed by atoms with Crippen molar-refractivity contribution < 1.29 is 4.79 Å². The van der Waals surface area contributed by atoms with Crippen molar-refractivity contribution in [2.45, 2.75) is 39.5 Å². The highest BCUT2D eigenvalue weighted by Crippen LogP contribution is 2.23. The van der Waals surface area contributed by atoms with Crippen molar-refractivity contribution in [3.8, 4) is 0 Å². The van der Waals surface area contributed by atoms with E-state index < -0.39 is 0 Å². The summed E-state index contributed by atoms with van der Waals surface area (Å²) in [5.41, 5.74) is 1.99. The highest BCUT2D eigenvalue weighted by Gasteiger charge is 2.14. The Morgan fingerprint density at radius 1 is 1.24 bits per heavy atom. The molecule has 0 spiro atoms. The number of nitrogens with one attached hydrogen (secondary N) is 1. The first-order valence-electron chi connectivity index (χ1n) is 8.27. The minimum Gasteiger partial charge on any atom is -0.296 e. The van der Waals surface area contributed by atoms with Crippen LogP contribution in [0.5, 0.6) is 0 Å². The normalized spacial score (nSPS) is 11.0. The molecule has 0 radical (unpaired) electrons. The third kappa shape index (κ3) is 4.32. The number of rotatable bonds is 6. The number of pyridine rings is 1. The van der Waals surface area contributed by atoms with Gasteiger partial charge in [-0.1, -0.05) is 42.7 Å². The smallest absolute Gasteiger partial charge is 0.259 e. The SMILES string of the molecule is CCCCCc1nnc(NC(=O)c2cc3cc(Cl)ccc3nc2C)s1. The number of unbranched alkanes of at least 4 members (excludes halogenated alkanes) is 2. The molecule has 130 valence electrons. The van der Waals surface area contributed by atoms with Crippen LogP contribution in [0.4, 0.5) is 5.13 Å². The van der Waals surface area contributed by atoms with Crippen LogP contribution in [0.3, 0.4) is 0 Å². The summed E-state index contributed by atoms with van der Waals surface area (Å²) in [6.07, 6.45) is 4.33. The van der Waals surface area contributed by atoms with E-state index >= 15 is 0 Å². The molecule has 7 heteroatoms. The Kier molecular flexibility index (Phi) is 5.60. The molecule has 0 saturated heterocycles. The summed E-state index contributed by atoms with van der Waals surface area (Å²) in [7, 11) is 0. The minimum absolute atomic E-state index is 0.233. The second-order valence-electron chi connectivity index (χ2n) is 5.87. The zero-order valence-electron chi connectivity index (χ0n) is 14.2. The summed E-state index contributed by atoms with van der Waals surface area (Å²) >= 11 is 7.45. The Hall–Kier alpha value is -2.05. The summed E-state index contributed by atoms with van der Waals surface area (Å²) in [6.45, 7) is 3.98. The number of carbonyl (C=O) groups excluding carboxylic acids is 1. The summed E-state index contributed by atoms with van der Waals surface area (Å²) in [6, 6.07) is 7.25. The van der Waals surface area contributed by atoms with Crippen molar-refractivity contribution in [3.05, 3.63) is 45.6 Å². The number of fused-ring (bicyclic) bond motifs is 1. The van der Waals surface area contributed by atoms with Gasteiger partial charge in [0.15, 0.2) is 0 Å². The molecule has 0 aliphatic heterocycles. The van der Waals surface area contributed by atoms with E-state index in [2.05, 4.69) is 27.4 Å². The van der Waals surface area contributed by atoms with Crippen molar-refractivity contribution in [1.29, 1.82) is 0 Å². The molecule has 3 aromatic rings. The van der Waals surface area contributed by atoms with E-state index in [1.165, 1.54) is 24.2 Å². The summed E-state index contributed by atoms with van der Waals surface area (Å²) in [5.74, 6) is -0.233. The average molecular weight is 375 g/mol. The number of aryl methyl sites for hydroxylation is 2. The van der Waals surface area contributed by atoms with Crippen molar-refractivity contribution in [2.75, 3.05) is 5.32 Å². The largest absolute Gasteiger partial charge is 0.296 e. The number of hydrogen-bond acceptors (Lipinski definition) is 5. The lowest BCUT2D eigenvalue weighted by molar-refractivity contribution is 0.102. The van der Waals surface area contributed by atoms with Crippen LogP contribution in [0.1, 0.15) is 47.2 Å². The van der Waals surface area contributed by atoms with E-state index in [1.54, 1.807) is 12.1 Å². The van der Waals surface area contributed by atoms with Gasteiger partial charge < -0.3 is 0 Å². The monoisotopic (exact) mass is 374 g/mol. The van der Waals surface area contributed by atoms with Crippen LogP contribution in [-0.2, 0) is 6.42 Å². The van der Waals surface area contributed by atoms with Gasteiger partial charge in [-0.15, -0.1) is 10.2 Å². The second-order valence-corrected chi connectivity index (χ2v) is 7.37. The number of anilines is 1. The average Bonchev–Trinajstić information content (AvgIpc) is 3.02. The summed E-state index contributed by atoms with van der Waals surface area (Å²) in [4.78, 5) is 17.1. The maximum atomic E-state index is 12.6. The molecule has 0 atom stereocenters. The number of aromatic nitrogens is 3. The lowest BCUT2D eigenvalue weighted by Crippen LogP contribution is -2.14. The molecule has 3 rings (SSSR count). The first kappa shape index (κ1) is 17.8. The van der Waals surface area contributed by atoms with Crippen LogP contribution in [0.2, 0.25) is 5.02 Å². The lowest BCUT2D eigenvalue weighted by Gasteiger charge is -2.07. The molecular formula is C18H19ClN4OS. The summed E-state index contributed by atoms with van der Waals surface area (Å²) in [5, 5.41) is 13.9. The number of nitrogens with zero attached hydrogens (tertiary/aromatic N) is 3. The number of carbonyl (C=O) groups is 1. The molecule has 5 nitrogen and oxygen atoms in total. The third-order valence-electron chi connectivity index (χ3n) is 3.89. The number of hydrogen-bond donors (Lipinski definition) is 1. The molecule has 1 amide bonds. The fourth-order valence-corrected chi connectivity index (χ4v) is 3.53. The second kappa shape index (κ2) is 7.89. The van der Waals surface area contributed by atoms with Crippen molar-refractivity contribution in [3.63, 3.8) is 0 Å². The maximum Gasteiger partial charge on any atom is 0.259 e. The van der Waals surface area contributed by atoms with Gasteiger partial charge in [-0.3, -0.25) is 15.1 Å². The van der Waals surface area contributed by atoms with Gasteiger partial charge in [-0.25, -0.2) is 0 Å². The van der Waals surface area contributed by atoms with Crippen LogP contribution < -0.4 is 5.32 Å². The zero-order chi connectivity index (χ0) is 17.8. The molecule has 0 aliphatic rings. The molecule has 2 aromatic heterocycles. The van der Waals surface area contributed by atoms with E-state index in [9.17, 15) is 4.79 Å². The van der Waals surface area contributed by atoms with Gasteiger partial charge in [-0.2, -0.15) is 0 Å². The van der Waals surface area contributed by atoms with Crippen LogP contribution in [0, 0.1) is 6.92 Å². The van der Waals surface area contributed by atoms with E-state index in [4.69, 9.17) is 11.6 Å². The Morgan fingerprint density at radius 3 is 2.88 bits per heavy atom. The quantitative estimate of drug-likeness (QED) is 0.614. The van der Waals surface area contributed by atoms with E-state index in [0.29, 0.717) is 21.4 Å². The van der Waals surface area contributed by atoms with Gasteiger partial charge in [0.05, 0.1) is 16.8 Å². The van der Waals surface area contributed by atoms with E-state index in [0.717, 1.165) is 28.8 Å². The van der Waals surface area contributed by atoms with Gasteiger partial charge in [0.1, 0.15) is 5.01 Å². The maximum absolute atomic E-state index is 12.6. The first-order chi connectivity index (χ1) is 12.1. The van der Waals surface area contributed by atoms with Gasteiger partial charge in [0.25, 0.3) is 5.91 Å². The van der Waals surface area contributed by atoms with Crippen molar-refractivity contribution >= 4 is 44.9 Å². The third-order valence-corrected chi connectivity index (χ3v) is 5.03. The highest BCUT2D eigenvalue weighted by molar-refractivity contribution is 7.15. The molecule has 0 bridgehead atoms. The number of amides is 1. The molecule has 0 aliphatic carbocycles. The Labute approximate surface area is 155 Å². The van der Waals surface area contributed by atoms with Crippen LogP contribution >= 0.6 is 22.9 Å². The molecule has 0 saturated carbocycles. The minimum atomic E-state index is -0.233. The lowest BCUT2D eigenvalue weighted by atomic mass is 10.1. The van der Waals surface area contributed by atoms with Crippen LogP contribution in [-0.4, -0.2) is 21.1 Å². The number of benzene rings is 1. The van der Waals surface area contributed by atoms with Crippen LogP contribution in [0.15, 0.2) is 24.3 Å². The molecule has 2 heterocycles. The van der Waals surface area contributed by atoms with Gasteiger partial charge in [-0.05, 0) is 37.6 Å². The Morgan fingerprint density at radius 2 is 2.08 bits per heavy atom.